The van der Waals surface area contributed by atoms with Crippen LogP contribution in [0, 0.1) is 29.6 Å². The van der Waals surface area contributed by atoms with Crippen molar-refractivity contribution in [2.24, 2.45) is 29.6 Å². The van der Waals surface area contributed by atoms with Crippen LogP contribution in [0.25, 0.3) is 6.08 Å². The summed E-state index contributed by atoms with van der Waals surface area (Å²) in [5.41, 5.74) is 1.29. The summed E-state index contributed by atoms with van der Waals surface area (Å²) in [4.78, 5) is 23.8. The third-order valence-corrected chi connectivity index (χ3v) is 8.32. The topological polar surface area (TPSA) is 71.1 Å². The molecule has 4 aliphatic carbocycles. The minimum atomic E-state index is -0.330. The van der Waals surface area contributed by atoms with E-state index in [0.29, 0.717) is 42.8 Å². The molecule has 5 rings (SSSR count). The molecule has 0 aromatic heterocycles. The summed E-state index contributed by atoms with van der Waals surface area (Å²) in [5, 5.41) is 0. The van der Waals surface area contributed by atoms with Gasteiger partial charge in [-0.15, -0.1) is 0 Å². The molecule has 202 valence electrons. The number of methoxy groups -OCH3 is 1. The Morgan fingerprint density at radius 3 is 2.24 bits per heavy atom. The first kappa shape index (κ1) is 27.3. The van der Waals surface area contributed by atoms with Crippen LogP contribution in [0.5, 0.6) is 11.5 Å². The van der Waals surface area contributed by atoms with Crippen LogP contribution in [0.4, 0.5) is 0 Å². The van der Waals surface area contributed by atoms with Crippen LogP contribution < -0.4 is 9.47 Å². The lowest BCUT2D eigenvalue weighted by atomic mass is 9.52. The van der Waals surface area contributed by atoms with Crippen LogP contribution >= 0.6 is 0 Å². The number of rotatable bonds is 14. The van der Waals surface area contributed by atoms with Crippen molar-refractivity contribution in [3.8, 4) is 11.5 Å². The van der Waals surface area contributed by atoms with Crippen molar-refractivity contribution in [2.45, 2.75) is 64.7 Å². The number of unbranched alkanes of at least 4 members (excludes halogenated alkanes) is 3. The third-order valence-electron chi connectivity index (χ3n) is 8.32. The number of ether oxygens (including phenoxy) is 4. The van der Waals surface area contributed by atoms with Gasteiger partial charge in [0.25, 0.3) is 0 Å². The quantitative estimate of drug-likeness (QED) is 0.164. The molecule has 0 amide bonds. The van der Waals surface area contributed by atoms with Crippen molar-refractivity contribution in [3.63, 3.8) is 0 Å². The number of hydrogen-bond donors (Lipinski definition) is 0. The normalized spacial score (nSPS) is 25.7. The Hall–Kier alpha value is -2.76. The number of carbonyl (C=O) groups is 2. The Kier molecular flexibility index (Phi) is 9.70. The Morgan fingerprint density at radius 1 is 0.919 bits per heavy atom. The first-order chi connectivity index (χ1) is 17.9. The van der Waals surface area contributed by atoms with E-state index in [-0.39, 0.29) is 11.9 Å². The van der Waals surface area contributed by atoms with Gasteiger partial charge in [0.15, 0.2) is 11.5 Å². The van der Waals surface area contributed by atoms with Crippen molar-refractivity contribution >= 4 is 18.0 Å². The lowest BCUT2D eigenvalue weighted by molar-refractivity contribution is -0.144. The zero-order chi connectivity index (χ0) is 26.2. The van der Waals surface area contributed by atoms with Crippen molar-refractivity contribution in [1.29, 1.82) is 0 Å². The fourth-order valence-electron chi connectivity index (χ4n) is 6.64. The molecule has 4 bridgehead atoms. The van der Waals surface area contributed by atoms with E-state index in [0.717, 1.165) is 54.9 Å². The molecule has 37 heavy (non-hydrogen) atoms. The molecule has 6 nitrogen and oxygen atoms in total. The predicted molar refractivity (Wildman–Crippen MR) is 143 cm³/mol. The maximum Gasteiger partial charge on any atom is 0.333 e. The molecule has 0 saturated heterocycles. The van der Waals surface area contributed by atoms with Crippen molar-refractivity contribution < 1.29 is 28.5 Å². The predicted octanol–water partition coefficient (Wildman–Crippen LogP) is 6.38. The Bertz CT molecular complexity index is 952. The molecule has 0 heterocycles. The van der Waals surface area contributed by atoms with Crippen LogP contribution in [-0.2, 0) is 19.1 Å². The summed E-state index contributed by atoms with van der Waals surface area (Å²) in [6.07, 6.45) is 13.8. The van der Waals surface area contributed by atoms with Crippen LogP contribution in [0.15, 0.2) is 36.4 Å². The van der Waals surface area contributed by atoms with Crippen LogP contribution in [-0.4, -0.2) is 38.9 Å². The highest BCUT2D eigenvalue weighted by atomic mass is 16.5. The van der Waals surface area contributed by atoms with E-state index in [9.17, 15) is 9.59 Å². The molecule has 4 aliphatic rings. The zero-order valence-electron chi connectivity index (χ0n) is 22.4. The Morgan fingerprint density at radius 2 is 1.59 bits per heavy atom. The molecule has 0 radical (unpaired) electrons. The highest BCUT2D eigenvalue weighted by Gasteiger charge is 2.48. The molecular weight excluding hydrogens is 468 g/mol. The van der Waals surface area contributed by atoms with E-state index in [1.165, 1.54) is 38.2 Å². The summed E-state index contributed by atoms with van der Waals surface area (Å²) < 4.78 is 22.2. The molecule has 0 N–H and O–H groups in total. The molecule has 6 heteroatoms. The van der Waals surface area contributed by atoms with Gasteiger partial charge in [0, 0.05) is 11.6 Å². The average molecular weight is 511 g/mol. The second-order valence-corrected chi connectivity index (χ2v) is 11.1. The van der Waals surface area contributed by atoms with Crippen molar-refractivity contribution in [1.82, 2.24) is 0 Å². The van der Waals surface area contributed by atoms with Gasteiger partial charge < -0.3 is 18.9 Å². The van der Waals surface area contributed by atoms with Gasteiger partial charge in [-0.3, -0.25) is 0 Å². The first-order valence-electron chi connectivity index (χ1n) is 13.9. The maximum absolute atomic E-state index is 12.4. The average Bonchev–Trinajstić information content (AvgIpc) is 2.88. The van der Waals surface area contributed by atoms with Gasteiger partial charge in [-0.1, -0.05) is 12.6 Å². The zero-order valence-corrected chi connectivity index (χ0v) is 22.4. The summed E-state index contributed by atoms with van der Waals surface area (Å²) in [5.74, 6) is 4.65. The number of esters is 2. The Balaban J connectivity index is 1.15. The van der Waals surface area contributed by atoms with E-state index in [1.54, 1.807) is 20.1 Å². The summed E-state index contributed by atoms with van der Waals surface area (Å²) in [6, 6.07) is 5.65. The van der Waals surface area contributed by atoms with E-state index in [2.05, 4.69) is 6.58 Å². The SMILES string of the molecule is C=C(C)C(=O)OCCCCCCOc1ccc(C=CC(=O)OCC2C3CC4CC(C3)CC2C4)cc1OC. The minimum absolute atomic E-state index is 0.275. The van der Waals surface area contributed by atoms with Crippen LogP contribution in [0.3, 0.4) is 0 Å². The molecule has 0 unspecified atom stereocenters. The van der Waals surface area contributed by atoms with E-state index in [4.69, 9.17) is 18.9 Å². The van der Waals surface area contributed by atoms with Gasteiger partial charge in [0.1, 0.15) is 0 Å². The van der Waals surface area contributed by atoms with Crippen molar-refractivity contribution in [2.75, 3.05) is 26.9 Å². The van der Waals surface area contributed by atoms with Crippen LogP contribution in [0.2, 0.25) is 0 Å². The lowest BCUT2D eigenvalue weighted by Crippen LogP contribution is -2.46. The first-order valence-corrected chi connectivity index (χ1v) is 13.9. The lowest BCUT2D eigenvalue weighted by Gasteiger charge is -2.54. The van der Waals surface area contributed by atoms with Gasteiger partial charge in [-0.25, -0.2) is 9.59 Å². The standard InChI is InChI=1S/C31H42O6/c1-21(2)31(33)36-13-7-5-4-6-12-35-28-10-8-22(19-29(28)34-3)9-11-30(32)37-20-27-25-15-23-14-24(17-25)18-26(27)16-23/h8-11,19,23-27H,1,4-7,12-18,20H2,2-3H3. The molecular formula is C31H42O6. The fraction of sp³-hybridized carbons (Fsp3) is 0.613. The monoisotopic (exact) mass is 510 g/mol. The fourth-order valence-corrected chi connectivity index (χ4v) is 6.64. The number of benzene rings is 1. The van der Waals surface area contributed by atoms with E-state index >= 15 is 0 Å². The highest BCUT2D eigenvalue weighted by molar-refractivity contribution is 5.87. The van der Waals surface area contributed by atoms with Crippen molar-refractivity contribution in [3.05, 3.63) is 42.0 Å². The summed E-state index contributed by atoms with van der Waals surface area (Å²) in [6.45, 7) is 6.78. The van der Waals surface area contributed by atoms with E-state index < -0.39 is 0 Å². The number of carbonyl (C=O) groups excluding carboxylic acids is 2. The highest BCUT2D eigenvalue weighted by Crippen LogP contribution is 2.56. The van der Waals surface area contributed by atoms with Gasteiger partial charge in [-0.2, -0.15) is 0 Å². The van der Waals surface area contributed by atoms with E-state index in [1.807, 2.05) is 18.2 Å². The molecule has 4 fully saturated rings. The molecule has 1 aromatic carbocycles. The second-order valence-electron chi connectivity index (χ2n) is 11.1. The molecule has 4 saturated carbocycles. The van der Waals surface area contributed by atoms with Gasteiger partial charge >= 0.3 is 11.9 Å². The molecule has 1 aromatic rings. The largest absolute Gasteiger partial charge is 0.493 e. The summed E-state index contributed by atoms with van der Waals surface area (Å²) >= 11 is 0. The van der Waals surface area contributed by atoms with Gasteiger partial charge in [0.2, 0.25) is 0 Å². The second kappa shape index (κ2) is 13.2. The van der Waals surface area contributed by atoms with Crippen LogP contribution in [0.1, 0.15) is 70.3 Å². The molecule has 0 atom stereocenters. The minimum Gasteiger partial charge on any atom is -0.493 e. The third kappa shape index (κ3) is 7.62. The molecule has 0 aliphatic heterocycles. The number of hydrogen-bond acceptors (Lipinski definition) is 6. The Labute approximate surface area is 221 Å². The van der Waals surface area contributed by atoms with Gasteiger partial charge in [0.05, 0.1) is 26.9 Å². The summed E-state index contributed by atoms with van der Waals surface area (Å²) in [7, 11) is 1.61. The van der Waals surface area contributed by atoms with Gasteiger partial charge in [-0.05, 0) is 118 Å². The maximum atomic E-state index is 12.4. The smallest absolute Gasteiger partial charge is 0.333 e. The molecule has 0 spiro atoms.